The molecular formula is C14H21ClN2O2S. The van der Waals surface area contributed by atoms with Gasteiger partial charge in [-0.2, -0.15) is 4.31 Å². The van der Waals surface area contributed by atoms with E-state index in [1.54, 1.807) is 29.4 Å². The van der Waals surface area contributed by atoms with Crippen molar-refractivity contribution in [1.29, 1.82) is 0 Å². The second-order valence-electron chi connectivity index (χ2n) is 5.40. The number of benzene rings is 1. The van der Waals surface area contributed by atoms with Crippen LogP contribution in [0.3, 0.4) is 0 Å². The van der Waals surface area contributed by atoms with Gasteiger partial charge in [0.05, 0.1) is 4.90 Å². The summed E-state index contributed by atoms with van der Waals surface area (Å²) in [5.41, 5.74) is 6.39. The molecule has 1 aromatic carbocycles. The first-order valence-corrected chi connectivity index (χ1v) is 8.68. The fourth-order valence-electron chi connectivity index (χ4n) is 2.85. The molecule has 20 heavy (non-hydrogen) atoms. The number of halogens is 1. The molecule has 0 aliphatic carbocycles. The van der Waals surface area contributed by atoms with Crippen molar-refractivity contribution in [2.45, 2.75) is 37.6 Å². The quantitative estimate of drug-likeness (QED) is 0.931. The van der Waals surface area contributed by atoms with Crippen LogP contribution in [-0.2, 0) is 10.0 Å². The molecule has 1 fully saturated rings. The van der Waals surface area contributed by atoms with Crippen LogP contribution in [0.4, 0.5) is 0 Å². The molecule has 1 heterocycles. The van der Waals surface area contributed by atoms with Gasteiger partial charge in [0, 0.05) is 24.2 Å². The molecule has 1 aromatic rings. The van der Waals surface area contributed by atoms with Gasteiger partial charge >= 0.3 is 0 Å². The first kappa shape index (κ1) is 15.8. The molecule has 0 radical (unpaired) electrons. The van der Waals surface area contributed by atoms with Crippen molar-refractivity contribution >= 4 is 21.6 Å². The number of hydrogen-bond acceptors (Lipinski definition) is 3. The fraction of sp³-hybridized carbons (Fsp3) is 0.571. The minimum atomic E-state index is -3.54. The van der Waals surface area contributed by atoms with E-state index in [1.807, 2.05) is 0 Å². The summed E-state index contributed by atoms with van der Waals surface area (Å²) < 4.78 is 27.3. The van der Waals surface area contributed by atoms with E-state index in [2.05, 4.69) is 6.92 Å². The van der Waals surface area contributed by atoms with Crippen LogP contribution < -0.4 is 5.73 Å². The predicted octanol–water partition coefficient (Wildman–Crippen LogP) is 2.40. The minimum Gasteiger partial charge on any atom is -0.329 e. The molecule has 1 aliphatic heterocycles. The van der Waals surface area contributed by atoms with Crippen LogP contribution in [0.1, 0.15) is 25.3 Å². The zero-order valence-corrected chi connectivity index (χ0v) is 13.4. The van der Waals surface area contributed by atoms with Crippen molar-refractivity contribution in [1.82, 2.24) is 4.31 Å². The fourth-order valence-corrected chi connectivity index (χ4v) is 5.10. The topological polar surface area (TPSA) is 63.4 Å². The molecule has 0 aromatic heterocycles. The molecule has 1 aliphatic rings. The zero-order valence-electron chi connectivity index (χ0n) is 11.8. The van der Waals surface area contributed by atoms with E-state index >= 15 is 0 Å². The summed E-state index contributed by atoms with van der Waals surface area (Å²) >= 11 is 6.05. The largest absolute Gasteiger partial charge is 0.329 e. The third-order valence-corrected chi connectivity index (χ3v) is 6.59. The van der Waals surface area contributed by atoms with Crippen LogP contribution in [-0.4, -0.2) is 31.9 Å². The van der Waals surface area contributed by atoms with E-state index in [-0.39, 0.29) is 16.9 Å². The molecule has 0 bridgehead atoms. The molecule has 2 atom stereocenters. The predicted molar refractivity (Wildman–Crippen MR) is 81.3 cm³/mol. The summed E-state index contributed by atoms with van der Waals surface area (Å²) in [4.78, 5) is 0.289. The van der Waals surface area contributed by atoms with E-state index in [4.69, 9.17) is 17.3 Å². The van der Waals surface area contributed by atoms with E-state index in [1.165, 1.54) is 0 Å². The highest BCUT2D eigenvalue weighted by Crippen LogP contribution is 2.31. The second-order valence-corrected chi connectivity index (χ2v) is 7.67. The first-order chi connectivity index (χ1) is 9.39. The second kappa shape index (κ2) is 6.02. The molecule has 2 rings (SSSR count). The number of hydrogen-bond donors (Lipinski definition) is 1. The lowest BCUT2D eigenvalue weighted by molar-refractivity contribution is 0.192. The Kier molecular flexibility index (Phi) is 4.74. The van der Waals surface area contributed by atoms with Gasteiger partial charge in [0.1, 0.15) is 0 Å². The zero-order chi connectivity index (χ0) is 14.9. The Bertz CT molecular complexity index is 589. The van der Waals surface area contributed by atoms with Gasteiger partial charge < -0.3 is 5.73 Å². The molecule has 6 heteroatoms. The average molecular weight is 317 g/mol. The van der Waals surface area contributed by atoms with Crippen LogP contribution in [0.15, 0.2) is 23.1 Å². The smallest absolute Gasteiger partial charge is 0.243 e. The van der Waals surface area contributed by atoms with Gasteiger partial charge in [0.2, 0.25) is 10.0 Å². The van der Waals surface area contributed by atoms with E-state index in [9.17, 15) is 8.42 Å². The van der Waals surface area contributed by atoms with Gasteiger partial charge in [0.15, 0.2) is 0 Å². The monoisotopic (exact) mass is 316 g/mol. The normalized spacial score (nSPS) is 24.8. The summed E-state index contributed by atoms with van der Waals surface area (Å²) in [6.07, 6.45) is 1.89. The summed E-state index contributed by atoms with van der Waals surface area (Å²) in [6, 6.07) is 4.86. The van der Waals surface area contributed by atoms with Crippen LogP contribution >= 0.6 is 11.6 Å². The summed E-state index contributed by atoms with van der Waals surface area (Å²) in [5, 5.41) is 0.473. The molecule has 2 N–H and O–H groups in total. The lowest BCUT2D eigenvalue weighted by Crippen LogP contribution is -2.51. The minimum absolute atomic E-state index is 0.132. The molecule has 1 saturated heterocycles. The lowest BCUT2D eigenvalue weighted by atomic mass is 9.93. The summed E-state index contributed by atoms with van der Waals surface area (Å²) in [6.45, 7) is 4.67. The lowest BCUT2D eigenvalue weighted by Gasteiger charge is -2.38. The number of rotatable bonds is 3. The van der Waals surface area contributed by atoms with Crippen LogP contribution in [0.5, 0.6) is 0 Å². The highest BCUT2D eigenvalue weighted by Gasteiger charge is 2.37. The van der Waals surface area contributed by atoms with Crippen LogP contribution in [0, 0.1) is 12.8 Å². The average Bonchev–Trinajstić information content (AvgIpc) is 2.41. The SMILES string of the molecule is Cc1c(Cl)cccc1S(=O)(=O)N1CCCC(C)C1CN. The Balaban J connectivity index is 2.46. The first-order valence-electron chi connectivity index (χ1n) is 6.86. The van der Waals surface area contributed by atoms with Gasteiger partial charge in [0.25, 0.3) is 0 Å². The van der Waals surface area contributed by atoms with Gasteiger partial charge in [-0.15, -0.1) is 0 Å². The highest BCUT2D eigenvalue weighted by molar-refractivity contribution is 7.89. The molecule has 112 valence electrons. The number of nitrogens with two attached hydrogens (primary N) is 1. The van der Waals surface area contributed by atoms with Crippen LogP contribution in [0.25, 0.3) is 0 Å². The molecule has 4 nitrogen and oxygen atoms in total. The highest BCUT2D eigenvalue weighted by atomic mass is 35.5. The van der Waals surface area contributed by atoms with E-state index < -0.39 is 10.0 Å². The molecular weight excluding hydrogens is 296 g/mol. The Hall–Kier alpha value is -0.620. The van der Waals surface area contributed by atoms with Crippen molar-refractivity contribution in [3.05, 3.63) is 28.8 Å². The van der Waals surface area contributed by atoms with Crippen molar-refractivity contribution < 1.29 is 8.42 Å². The molecule has 0 amide bonds. The maximum atomic E-state index is 12.9. The third kappa shape index (κ3) is 2.72. The Morgan fingerprint density at radius 1 is 1.45 bits per heavy atom. The number of sulfonamides is 1. The standard InChI is InChI=1S/C14H21ClN2O2S/c1-10-5-4-8-17(13(10)9-16)20(18,19)14-7-3-6-12(15)11(14)2/h3,6-7,10,13H,4-5,8-9,16H2,1-2H3. The van der Waals surface area contributed by atoms with Gasteiger partial charge in [-0.25, -0.2) is 8.42 Å². The van der Waals surface area contributed by atoms with Crippen molar-refractivity contribution in [3.8, 4) is 0 Å². The van der Waals surface area contributed by atoms with Crippen molar-refractivity contribution in [2.75, 3.05) is 13.1 Å². The van der Waals surface area contributed by atoms with Gasteiger partial charge in [-0.05, 0) is 43.4 Å². The molecule has 0 spiro atoms. The number of piperidine rings is 1. The third-order valence-electron chi connectivity index (χ3n) is 4.11. The molecule has 2 unspecified atom stereocenters. The van der Waals surface area contributed by atoms with Gasteiger partial charge in [-0.3, -0.25) is 0 Å². The van der Waals surface area contributed by atoms with Crippen LogP contribution in [0.2, 0.25) is 5.02 Å². The summed E-state index contributed by atoms with van der Waals surface area (Å²) in [5.74, 6) is 0.281. The van der Waals surface area contributed by atoms with Crippen molar-refractivity contribution in [3.63, 3.8) is 0 Å². The summed E-state index contributed by atoms with van der Waals surface area (Å²) in [7, 11) is -3.54. The maximum Gasteiger partial charge on any atom is 0.243 e. The molecule has 0 saturated carbocycles. The Labute approximate surface area is 126 Å². The van der Waals surface area contributed by atoms with Gasteiger partial charge in [-0.1, -0.05) is 24.6 Å². The van der Waals surface area contributed by atoms with E-state index in [0.717, 1.165) is 12.8 Å². The Morgan fingerprint density at radius 2 is 2.15 bits per heavy atom. The van der Waals surface area contributed by atoms with E-state index in [0.29, 0.717) is 23.7 Å². The van der Waals surface area contributed by atoms with Crippen molar-refractivity contribution in [2.24, 2.45) is 11.7 Å². The Morgan fingerprint density at radius 3 is 2.80 bits per heavy atom. The number of nitrogens with zero attached hydrogens (tertiary/aromatic N) is 1. The maximum absolute atomic E-state index is 12.9.